The number of likely N-dealkylation sites (tertiary alicyclic amines) is 1. The zero-order valence-corrected chi connectivity index (χ0v) is 19.4. The van der Waals surface area contributed by atoms with E-state index >= 15 is 0 Å². The molecule has 0 spiro atoms. The Morgan fingerprint density at radius 3 is 2.79 bits per heavy atom. The molecule has 1 aromatic carbocycles. The van der Waals surface area contributed by atoms with E-state index in [1.54, 1.807) is 6.20 Å². The molecule has 0 unspecified atom stereocenters. The van der Waals surface area contributed by atoms with Crippen LogP contribution in [0.25, 0.3) is 5.65 Å². The number of nitrogens with zero attached hydrogens (tertiary/aromatic N) is 5. The van der Waals surface area contributed by atoms with Crippen molar-refractivity contribution in [3.8, 4) is 0 Å². The minimum absolute atomic E-state index is 0.227. The van der Waals surface area contributed by atoms with Gasteiger partial charge in [0.05, 0.1) is 30.5 Å². The molecule has 7 nitrogen and oxygen atoms in total. The number of amides is 1. The maximum atomic E-state index is 14.1. The van der Waals surface area contributed by atoms with E-state index in [2.05, 4.69) is 51.1 Å². The number of benzene rings is 1. The Hall–Kier alpha value is -2.77. The maximum absolute atomic E-state index is 14.1. The third-order valence-corrected chi connectivity index (χ3v) is 7.24. The van der Waals surface area contributed by atoms with Gasteiger partial charge in [0, 0.05) is 37.6 Å². The van der Waals surface area contributed by atoms with Crippen LogP contribution >= 0.6 is 0 Å². The predicted octanol–water partition coefficient (Wildman–Crippen LogP) is 2.70. The number of carbonyl (C=O) groups is 1. The van der Waals surface area contributed by atoms with E-state index in [1.165, 1.54) is 5.56 Å². The molecule has 5 rings (SSSR count). The number of carbonyl (C=O) groups excluding carboxylic acids is 1. The molecular weight excluding hydrogens is 414 g/mol. The van der Waals surface area contributed by atoms with Crippen molar-refractivity contribution < 1.29 is 9.53 Å². The van der Waals surface area contributed by atoms with Gasteiger partial charge in [-0.1, -0.05) is 30.3 Å². The summed E-state index contributed by atoms with van der Waals surface area (Å²) >= 11 is 0. The summed E-state index contributed by atoms with van der Waals surface area (Å²) in [5.41, 5.74) is 2.76. The molecule has 2 aromatic heterocycles. The van der Waals surface area contributed by atoms with Crippen LogP contribution in [0.5, 0.6) is 0 Å². The van der Waals surface area contributed by atoms with Gasteiger partial charge >= 0.3 is 0 Å². The lowest BCUT2D eigenvalue weighted by atomic mass is 9.72. The van der Waals surface area contributed by atoms with Crippen LogP contribution in [0.3, 0.4) is 0 Å². The molecule has 2 saturated heterocycles. The number of rotatable bonds is 5. The van der Waals surface area contributed by atoms with E-state index in [9.17, 15) is 4.79 Å². The number of imidazole rings is 1. The molecule has 4 heterocycles. The van der Waals surface area contributed by atoms with E-state index in [0.717, 1.165) is 56.7 Å². The van der Waals surface area contributed by atoms with Crippen LogP contribution in [0.4, 0.5) is 0 Å². The van der Waals surface area contributed by atoms with Crippen molar-refractivity contribution in [3.63, 3.8) is 0 Å². The van der Waals surface area contributed by atoms with Gasteiger partial charge in [-0.25, -0.2) is 4.98 Å². The fraction of sp³-hybridized carbons (Fsp3) is 0.500. The van der Waals surface area contributed by atoms with Crippen molar-refractivity contribution in [2.24, 2.45) is 11.3 Å². The Balaban J connectivity index is 1.34. The Bertz CT molecular complexity index is 1070. The zero-order valence-electron chi connectivity index (χ0n) is 19.4. The number of aromatic nitrogens is 3. The number of hydrogen-bond donors (Lipinski definition) is 0. The molecule has 0 radical (unpaired) electrons. The van der Waals surface area contributed by atoms with Crippen molar-refractivity contribution in [2.45, 2.75) is 25.7 Å². The van der Waals surface area contributed by atoms with Crippen molar-refractivity contribution in [1.82, 2.24) is 24.2 Å². The first-order valence-electron chi connectivity index (χ1n) is 12.0. The number of ether oxygens (including phenoxy) is 1. The summed E-state index contributed by atoms with van der Waals surface area (Å²) in [4.78, 5) is 27.4. The second kappa shape index (κ2) is 9.61. The van der Waals surface area contributed by atoms with Gasteiger partial charge in [0.1, 0.15) is 0 Å². The smallest absolute Gasteiger partial charge is 0.229 e. The highest BCUT2D eigenvalue weighted by atomic mass is 16.5. The van der Waals surface area contributed by atoms with E-state index in [-0.39, 0.29) is 11.3 Å². The Morgan fingerprint density at radius 2 is 1.97 bits per heavy atom. The zero-order chi connectivity index (χ0) is 22.7. The predicted molar refractivity (Wildman–Crippen MR) is 127 cm³/mol. The van der Waals surface area contributed by atoms with E-state index in [1.807, 2.05) is 29.1 Å². The summed E-state index contributed by atoms with van der Waals surface area (Å²) in [6, 6.07) is 10.5. The van der Waals surface area contributed by atoms with Crippen LogP contribution in [0, 0.1) is 11.3 Å². The first-order valence-corrected chi connectivity index (χ1v) is 12.0. The lowest BCUT2D eigenvalue weighted by Crippen LogP contribution is -2.52. The Labute approximate surface area is 195 Å². The summed E-state index contributed by atoms with van der Waals surface area (Å²) < 4.78 is 7.93. The molecule has 0 aliphatic carbocycles. The van der Waals surface area contributed by atoms with Crippen LogP contribution in [0.1, 0.15) is 24.1 Å². The second-order valence-corrected chi connectivity index (χ2v) is 9.71. The fourth-order valence-electron chi connectivity index (χ4n) is 5.29. The highest BCUT2D eigenvalue weighted by molar-refractivity contribution is 5.83. The van der Waals surface area contributed by atoms with Crippen molar-refractivity contribution in [3.05, 3.63) is 66.4 Å². The van der Waals surface area contributed by atoms with E-state index in [4.69, 9.17) is 4.74 Å². The number of piperidine rings is 1. The van der Waals surface area contributed by atoms with Crippen LogP contribution < -0.4 is 0 Å². The number of hydrogen-bond acceptors (Lipinski definition) is 5. The first kappa shape index (κ1) is 22.0. The van der Waals surface area contributed by atoms with E-state index < -0.39 is 0 Å². The van der Waals surface area contributed by atoms with Crippen molar-refractivity contribution in [2.75, 3.05) is 46.4 Å². The average Bonchev–Trinajstić information content (AvgIpc) is 3.18. The third kappa shape index (κ3) is 4.94. The average molecular weight is 448 g/mol. The Morgan fingerprint density at radius 1 is 1.15 bits per heavy atom. The second-order valence-electron chi connectivity index (χ2n) is 9.71. The van der Waals surface area contributed by atoms with Gasteiger partial charge in [-0.05, 0) is 51.4 Å². The quantitative estimate of drug-likeness (QED) is 0.602. The molecule has 2 aliphatic heterocycles. The highest BCUT2D eigenvalue weighted by Gasteiger charge is 2.43. The topological polar surface area (TPSA) is 63.0 Å². The fourth-order valence-corrected chi connectivity index (χ4v) is 5.29. The van der Waals surface area contributed by atoms with Gasteiger partial charge in [0.2, 0.25) is 5.91 Å². The molecule has 33 heavy (non-hydrogen) atoms. The lowest BCUT2D eigenvalue weighted by Gasteiger charge is -2.42. The summed E-state index contributed by atoms with van der Waals surface area (Å²) in [6.07, 6.45) is 11.0. The van der Waals surface area contributed by atoms with Crippen LogP contribution in [0.15, 0.2) is 55.1 Å². The molecule has 174 valence electrons. The molecule has 7 heteroatoms. The Kier molecular flexibility index (Phi) is 6.42. The third-order valence-electron chi connectivity index (χ3n) is 7.24. The normalized spacial score (nSPS) is 21.7. The molecule has 0 N–H and O–H groups in total. The van der Waals surface area contributed by atoms with Crippen molar-refractivity contribution >= 4 is 11.6 Å². The minimum Gasteiger partial charge on any atom is -0.379 e. The van der Waals surface area contributed by atoms with Crippen LogP contribution in [0.2, 0.25) is 0 Å². The molecule has 1 atom stereocenters. The van der Waals surface area contributed by atoms with Gasteiger partial charge in [-0.3, -0.25) is 9.78 Å². The maximum Gasteiger partial charge on any atom is 0.229 e. The van der Waals surface area contributed by atoms with Gasteiger partial charge in [0.15, 0.2) is 5.65 Å². The SMILES string of the molecule is CN1CCC(Cc2ccccc2)(C(=O)N2CCOC[C@H](Cc3cn4ccnc4cn3)C2)CC1. The summed E-state index contributed by atoms with van der Waals surface area (Å²) in [6.45, 7) is 4.55. The number of fused-ring (bicyclic) bond motifs is 1. The molecule has 1 amide bonds. The monoisotopic (exact) mass is 447 g/mol. The lowest BCUT2D eigenvalue weighted by molar-refractivity contribution is -0.145. The standard InChI is InChI=1S/C26H33N5O2/c1-29-10-7-26(8-11-29,16-21-5-3-2-4-6-21)25(32)31-13-14-33-20-22(18-31)15-23-19-30-12-9-27-24(30)17-28-23/h2-6,9,12,17,19,22H,7-8,10-11,13-16,18,20H2,1H3/t22-/m1/s1. The highest BCUT2D eigenvalue weighted by Crippen LogP contribution is 2.37. The summed E-state index contributed by atoms with van der Waals surface area (Å²) in [7, 11) is 2.15. The molecule has 2 fully saturated rings. The van der Waals surface area contributed by atoms with Gasteiger partial charge in [0.25, 0.3) is 0 Å². The molecule has 3 aromatic rings. The largest absolute Gasteiger partial charge is 0.379 e. The minimum atomic E-state index is -0.337. The van der Waals surface area contributed by atoms with Gasteiger partial charge in [-0.2, -0.15) is 0 Å². The first-order chi connectivity index (χ1) is 16.1. The molecule has 0 saturated carbocycles. The van der Waals surface area contributed by atoms with Crippen LogP contribution in [-0.2, 0) is 22.4 Å². The van der Waals surface area contributed by atoms with Crippen LogP contribution in [-0.4, -0.2) is 76.5 Å². The molecule has 2 aliphatic rings. The van der Waals surface area contributed by atoms with E-state index in [0.29, 0.717) is 25.7 Å². The molecule has 0 bridgehead atoms. The summed E-state index contributed by atoms with van der Waals surface area (Å²) in [5.74, 6) is 0.526. The van der Waals surface area contributed by atoms with Crippen molar-refractivity contribution in [1.29, 1.82) is 0 Å². The molecular formula is C26H33N5O2. The summed E-state index contributed by atoms with van der Waals surface area (Å²) in [5, 5.41) is 0. The van der Waals surface area contributed by atoms with Gasteiger partial charge < -0.3 is 18.9 Å². The van der Waals surface area contributed by atoms with Gasteiger partial charge in [-0.15, -0.1) is 0 Å².